The van der Waals surface area contributed by atoms with Gasteiger partial charge in [0, 0.05) is 25.2 Å². The molecule has 0 aliphatic rings. The van der Waals surface area contributed by atoms with Crippen molar-refractivity contribution < 1.29 is 31.9 Å². The molecule has 1 heterocycles. The fraction of sp³-hybridized carbons (Fsp3) is 0.167. The molecule has 0 unspecified atom stereocenters. The molecule has 45 valence electrons. The van der Waals surface area contributed by atoms with Gasteiger partial charge in [0.15, 0.2) is 0 Å². The topological polar surface area (TPSA) is 12.9 Å². The van der Waals surface area contributed by atoms with Gasteiger partial charge < -0.3 is 12.4 Å². The zero-order valence-corrected chi connectivity index (χ0v) is 8.99. The first kappa shape index (κ1) is 11.8. The van der Waals surface area contributed by atoms with Crippen LogP contribution in [0, 0.1) is 13.1 Å². The van der Waals surface area contributed by atoms with Crippen LogP contribution in [-0.4, -0.2) is 4.98 Å². The van der Waals surface area contributed by atoms with E-state index in [4.69, 9.17) is 0 Å². The summed E-state index contributed by atoms with van der Waals surface area (Å²) in [5.74, 6) is 0. The number of hydrogen-bond donors (Lipinski definition) is 0. The second-order valence-electron chi connectivity index (χ2n) is 1.41. The molecule has 0 N–H and O–H groups in total. The summed E-state index contributed by atoms with van der Waals surface area (Å²) in [5, 5.41) is 0. The van der Waals surface area contributed by atoms with Crippen LogP contribution in [0.2, 0.25) is 0 Å². The normalized spacial score (nSPS) is 6.78. The summed E-state index contributed by atoms with van der Waals surface area (Å²) in [6.07, 6.45) is 2.71. The summed E-state index contributed by atoms with van der Waals surface area (Å²) in [5.41, 5.74) is 1.02. The molecule has 0 bridgehead atoms. The van der Waals surface area contributed by atoms with E-state index in [2.05, 4.69) is 11.2 Å². The summed E-state index contributed by atoms with van der Waals surface area (Å²) in [6, 6.07) is 5.64. The zero-order valence-electron chi connectivity index (χ0n) is 5.26. The van der Waals surface area contributed by atoms with Crippen molar-refractivity contribution in [2.75, 3.05) is 0 Å². The van der Waals surface area contributed by atoms with Gasteiger partial charge in [-0.1, -0.05) is 6.07 Å². The smallest absolute Gasteiger partial charge is 0.0889 e. The average Bonchev–Trinajstić information content (AvgIpc) is 1.69. The van der Waals surface area contributed by atoms with Crippen LogP contribution in [0.25, 0.3) is 0 Å². The summed E-state index contributed by atoms with van der Waals surface area (Å²) >= 11 is 0. The van der Waals surface area contributed by atoms with Crippen molar-refractivity contribution in [2.45, 2.75) is 6.92 Å². The molecule has 1 radical (unpaired) electrons. The van der Waals surface area contributed by atoms with E-state index in [-0.39, 0.29) is 31.9 Å². The van der Waals surface area contributed by atoms with Gasteiger partial charge in [0.25, 0.3) is 0 Å². The Bertz CT molecular complexity index is 143. The number of halogens is 1. The van der Waals surface area contributed by atoms with Gasteiger partial charge in [-0.05, 0) is 19.1 Å². The van der Waals surface area contributed by atoms with Crippen molar-refractivity contribution in [3.05, 3.63) is 30.1 Å². The Morgan fingerprint density at radius 1 is 1.56 bits per heavy atom. The third-order valence-corrected chi connectivity index (χ3v) is 0.749. The molecule has 3 heteroatoms. The van der Waals surface area contributed by atoms with Crippen LogP contribution < -0.4 is 12.4 Å². The standard InChI is InChI=1S/C6H6N.ClH.Zn/c1-6-4-2-3-5-7-6;;/h2-4H,1H3;1H;/p-1. The molecule has 0 spiro atoms. The third-order valence-electron chi connectivity index (χ3n) is 0.749. The van der Waals surface area contributed by atoms with E-state index in [1.165, 1.54) is 0 Å². The molecule has 0 amide bonds. The maximum absolute atomic E-state index is 3.85. The fourth-order valence-corrected chi connectivity index (χ4v) is 0.407. The van der Waals surface area contributed by atoms with Gasteiger partial charge in [-0.2, -0.15) is 0 Å². The monoisotopic (exact) mass is 191 g/mol. The Balaban J connectivity index is 0. The molecule has 1 rings (SSSR count). The number of rotatable bonds is 0. The van der Waals surface area contributed by atoms with E-state index in [0.717, 1.165) is 5.69 Å². The molecule has 0 aliphatic carbocycles. The van der Waals surface area contributed by atoms with Crippen molar-refractivity contribution >= 4 is 0 Å². The van der Waals surface area contributed by atoms with Gasteiger partial charge in [0.2, 0.25) is 0 Å². The second kappa shape index (κ2) is 6.19. The van der Waals surface area contributed by atoms with Crippen molar-refractivity contribution in [1.82, 2.24) is 4.98 Å². The molecule has 1 nitrogen and oxygen atoms in total. The van der Waals surface area contributed by atoms with E-state index < -0.39 is 0 Å². The minimum atomic E-state index is 0. The van der Waals surface area contributed by atoms with Gasteiger partial charge in [-0.25, -0.2) is 0 Å². The molecular weight excluding hydrogens is 187 g/mol. The maximum atomic E-state index is 3.85. The summed E-state index contributed by atoms with van der Waals surface area (Å²) in [7, 11) is 0. The Kier molecular flexibility index (Phi) is 8.12. The van der Waals surface area contributed by atoms with Crippen molar-refractivity contribution in [3.63, 3.8) is 0 Å². The minimum Gasteiger partial charge on any atom is -1.00 e. The Morgan fingerprint density at radius 2 is 2.22 bits per heavy atom. The van der Waals surface area contributed by atoms with E-state index in [1.54, 1.807) is 6.07 Å². The van der Waals surface area contributed by atoms with Crippen LogP contribution in [0.15, 0.2) is 18.2 Å². The molecular formula is C6H6ClNZn-. The summed E-state index contributed by atoms with van der Waals surface area (Å²) in [6.45, 7) is 1.94. The second-order valence-corrected chi connectivity index (χ2v) is 1.41. The first-order valence-electron chi connectivity index (χ1n) is 2.19. The molecule has 0 saturated carbocycles. The number of nitrogens with zero attached hydrogens (tertiary/aromatic N) is 1. The largest absolute Gasteiger partial charge is 1.00 e. The number of aromatic nitrogens is 1. The molecule has 1 aromatic rings. The molecule has 9 heavy (non-hydrogen) atoms. The van der Waals surface area contributed by atoms with Crippen LogP contribution in [0.3, 0.4) is 0 Å². The quantitative estimate of drug-likeness (QED) is 0.442. The predicted octanol–water partition coefficient (Wildman–Crippen LogP) is -1.81. The van der Waals surface area contributed by atoms with E-state index in [1.807, 2.05) is 19.1 Å². The molecule has 1 aromatic heterocycles. The van der Waals surface area contributed by atoms with Crippen LogP contribution in [-0.2, 0) is 19.5 Å². The number of hydrogen-bond acceptors (Lipinski definition) is 1. The number of aryl methyl sites for hydroxylation is 1. The van der Waals surface area contributed by atoms with Gasteiger partial charge >= 0.3 is 0 Å². The van der Waals surface area contributed by atoms with Crippen molar-refractivity contribution in [1.29, 1.82) is 0 Å². The maximum Gasteiger partial charge on any atom is 0.0889 e. The van der Waals surface area contributed by atoms with Crippen LogP contribution in [0.1, 0.15) is 5.69 Å². The first-order chi connectivity index (χ1) is 3.39. The number of pyridine rings is 1. The zero-order chi connectivity index (χ0) is 5.11. The summed E-state index contributed by atoms with van der Waals surface area (Å²) in [4.78, 5) is 3.85. The van der Waals surface area contributed by atoms with Gasteiger partial charge in [0.1, 0.15) is 0 Å². The average molecular weight is 193 g/mol. The van der Waals surface area contributed by atoms with E-state index in [9.17, 15) is 0 Å². The molecule has 0 saturated heterocycles. The van der Waals surface area contributed by atoms with Gasteiger partial charge in [0.05, 0.1) is 6.20 Å². The van der Waals surface area contributed by atoms with E-state index in [0.29, 0.717) is 0 Å². The first-order valence-corrected chi connectivity index (χ1v) is 2.19. The van der Waals surface area contributed by atoms with Crippen LogP contribution >= 0.6 is 0 Å². The van der Waals surface area contributed by atoms with Crippen molar-refractivity contribution in [3.8, 4) is 0 Å². The van der Waals surface area contributed by atoms with Crippen molar-refractivity contribution in [2.24, 2.45) is 0 Å². The Hall–Kier alpha value is 0.0634. The Morgan fingerprint density at radius 3 is 2.44 bits per heavy atom. The van der Waals surface area contributed by atoms with E-state index >= 15 is 0 Å². The molecule has 0 aliphatic heterocycles. The molecule has 0 fully saturated rings. The minimum absolute atomic E-state index is 0. The summed E-state index contributed by atoms with van der Waals surface area (Å²) < 4.78 is 0. The van der Waals surface area contributed by atoms with Gasteiger partial charge in [-0.3, -0.25) is 4.98 Å². The molecule has 0 atom stereocenters. The SMILES string of the molecule is Cc1ccc[c]n1.[Cl-].[Zn]. The van der Waals surface area contributed by atoms with Crippen LogP contribution in [0.5, 0.6) is 0 Å². The predicted molar refractivity (Wildman–Crippen MR) is 27.8 cm³/mol. The fourth-order valence-electron chi connectivity index (χ4n) is 0.407. The third kappa shape index (κ3) is 4.56. The van der Waals surface area contributed by atoms with Gasteiger partial charge in [-0.15, -0.1) is 0 Å². The molecule has 0 aromatic carbocycles. The Labute approximate surface area is 74.1 Å². The van der Waals surface area contributed by atoms with Crippen LogP contribution in [0.4, 0.5) is 0 Å².